The maximum absolute atomic E-state index is 4.41. The standard InChI is InChI=1S/C14H23N3S.HI/c1-13(2)10-17(14(13,3)4)12(15-5)16-8-11-6-7-18-9-11;/h6-7,9H,8,10H2,1-5H3,(H,15,16);1H. The van der Waals surface area contributed by atoms with Gasteiger partial charge in [-0.3, -0.25) is 4.99 Å². The fraction of sp³-hybridized carbons (Fsp3) is 0.643. The average molecular weight is 393 g/mol. The van der Waals surface area contributed by atoms with Gasteiger partial charge in [0.25, 0.3) is 0 Å². The molecule has 0 saturated carbocycles. The summed E-state index contributed by atoms with van der Waals surface area (Å²) in [6.07, 6.45) is 0. The molecule has 1 aliphatic rings. The van der Waals surface area contributed by atoms with Crippen LogP contribution in [0.2, 0.25) is 0 Å². The Morgan fingerprint density at radius 2 is 2.11 bits per heavy atom. The summed E-state index contributed by atoms with van der Waals surface area (Å²) in [5.41, 5.74) is 1.81. The molecule has 0 bridgehead atoms. The minimum atomic E-state index is 0. The Bertz CT molecular complexity index is 438. The molecule has 0 amide bonds. The molecule has 0 unspecified atom stereocenters. The van der Waals surface area contributed by atoms with Gasteiger partial charge in [-0.25, -0.2) is 0 Å². The number of nitrogens with one attached hydrogen (secondary N) is 1. The van der Waals surface area contributed by atoms with Crippen LogP contribution in [0, 0.1) is 5.41 Å². The van der Waals surface area contributed by atoms with E-state index in [9.17, 15) is 0 Å². The van der Waals surface area contributed by atoms with Crippen molar-refractivity contribution in [3.8, 4) is 0 Å². The predicted molar refractivity (Wildman–Crippen MR) is 94.5 cm³/mol. The molecular weight excluding hydrogens is 369 g/mol. The van der Waals surface area contributed by atoms with Crippen LogP contribution in [0.3, 0.4) is 0 Å². The summed E-state index contributed by atoms with van der Waals surface area (Å²) >= 11 is 1.73. The molecule has 3 nitrogen and oxygen atoms in total. The zero-order valence-electron chi connectivity index (χ0n) is 12.4. The molecule has 2 heterocycles. The molecule has 1 N–H and O–H groups in total. The van der Waals surface area contributed by atoms with Crippen molar-refractivity contribution in [1.82, 2.24) is 10.2 Å². The highest BCUT2D eigenvalue weighted by Crippen LogP contribution is 2.46. The van der Waals surface area contributed by atoms with Crippen LogP contribution >= 0.6 is 35.3 Å². The van der Waals surface area contributed by atoms with E-state index < -0.39 is 0 Å². The summed E-state index contributed by atoms with van der Waals surface area (Å²) in [6.45, 7) is 11.1. The van der Waals surface area contributed by atoms with Gasteiger partial charge in [-0.15, -0.1) is 24.0 Å². The lowest BCUT2D eigenvalue weighted by atomic mass is 9.65. The Kier molecular flexibility index (Phi) is 5.28. The van der Waals surface area contributed by atoms with Crippen molar-refractivity contribution in [2.24, 2.45) is 10.4 Å². The normalized spacial score (nSPS) is 20.5. The van der Waals surface area contributed by atoms with E-state index in [1.165, 1.54) is 5.56 Å². The van der Waals surface area contributed by atoms with Gasteiger partial charge in [0.15, 0.2) is 5.96 Å². The van der Waals surface area contributed by atoms with Gasteiger partial charge >= 0.3 is 0 Å². The van der Waals surface area contributed by atoms with Crippen LogP contribution in [0.5, 0.6) is 0 Å². The van der Waals surface area contributed by atoms with Gasteiger partial charge in [-0.2, -0.15) is 11.3 Å². The molecule has 0 radical (unpaired) electrons. The first kappa shape index (κ1) is 16.8. The maximum atomic E-state index is 4.41. The molecule has 1 aliphatic heterocycles. The van der Waals surface area contributed by atoms with Crippen molar-refractivity contribution in [3.05, 3.63) is 22.4 Å². The van der Waals surface area contributed by atoms with Crippen LogP contribution < -0.4 is 5.32 Å². The quantitative estimate of drug-likeness (QED) is 0.473. The average Bonchev–Trinajstić information content (AvgIpc) is 2.81. The highest BCUT2D eigenvalue weighted by Gasteiger charge is 2.53. The smallest absolute Gasteiger partial charge is 0.194 e. The van der Waals surface area contributed by atoms with Gasteiger partial charge in [-0.1, -0.05) is 13.8 Å². The third kappa shape index (κ3) is 3.07. The van der Waals surface area contributed by atoms with Gasteiger partial charge in [0.05, 0.1) is 0 Å². The first-order valence-corrected chi connectivity index (χ1v) is 7.32. The number of guanidine groups is 1. The third-order valence-corrected chi connectivity index (χ3v) is 5.11. The second-order valence-electron chi connectivity index (χ2n) is 6.06. The Morgan fingerprint density at radius 1 is 1.42 bits per heavy atom. The molecule has 2 rings (SSSR count). The van der Waals surface area contributed by atoms with Gasteiger partial charge < -0.3 is 10.2 Å². The van der Waals surface area contributed by atoms with E-state index in [1.807, 2.05) is 7.05 Å². The van der Waals surface area contributed by atoms with Gasteiger partial charge in [0.1, 0.15) is 0 Å². The molecule has 1 aromatic heterocycles. The molecule has 1 fully saturated rings. The Balaban J connectivity index is 0.00000180. The Hall–Kier alpha value is -0.300. The van der Waals surface area contributed by atoms with Crippen LogP contribution in [0.25, 0.3) is 0 Å². The van der Waals surface area contributed by atoms with E-state index in [-0.39, 0.29) is 29.5 Å². The molecule has 0 atom stereocenters. The van der Waals surface area contributed by atoms with Crippen molar-refractivity contribution in [3.63, 3.8) is 0 Å². The van der Waals surface area contributed by atoms with E-state index in [4.69, 9.17) is 0 Å². The highest BCUT2D eigenvalue weighted by molar-refractivity contribution is 14.0. The van der Waals surface area contributed by atoms with Crippen molar-refractivity contribution in [1.29, 1.82) is 0 Å². The second kappa shape index (κ2) is 5.99. The van der Waals surface area contributed by atoms with Crippen molar-refractivity contribution < 1.29 is 0 Å². The zero-order valence-corrected chi connectivity index (χ0v) is 15.5. The van der Waals surface area contributed by atoms with E-state index in [2.05, 4.69) is 59.7 Å². The van der Waals surface area contributed by atoms with Crippen LogP contribution in [-0.2, 0) is 6.54 Å². The Morgan fingerprint density at radius 3 is 2.53 bits per heavy atom. The minimum absolute atomic E-state index is 0. The summed E-state index contributed by atoms with van der Waals surface area (Å²) in [4.78, 5) is 6.77. The van der Waals surface area contributed by atoms with Gasteiger partial charge in [0, 0.05) is 31.1 Å². The largest absolute Gasteiger partial charge is 0.352 e. The van der Waals surface area contributed by atoms with E-state index >= 15 is 0 Å². The number of hydrogen-bond acceptors (Lipinski definition) is 2. The first-order chi connectivity index (χ1) is 8.38. The van der Waals surface area contributed by atoms with E-state index in [1.54, 1.807) is 11.3 Å². The number of rotatable bonds is 2. The highest BCUT2D eigenvalue weighted by atomic mass is 127. The number of nitrogens with zero attached hydrogens (tertiary/aromatic N) is 2. The minimum Gasteiger partial charge on any atom is -0.352 e. The van der Waals surface area contributed by atoms with Crippen LogP contribution in [0.4, 0.5) is 0 Å². The monoisotopic (exact) mass is 393 g/mol. The molecule has 5 heteroatoms. The van der Waals surface area contributed by atoms with E-state index in [0.717, 1.165) is 19.0 Å². The molecule has 0 spiro atoms. The van der Waals surface area contributed by atoms with Crippen molar-refractivity contribution >= 4 is 41.3 Å². The van der Waals surface area contributed by atoms with E-state index in [0.29, 0.717) is 5.41 Å². The lowest BCUT2D eigenvalue weighted by Crippen LogP contribution is -2.72. The number of aliphatic imine (C=N–C) groups is 1. The SMILES string of the molecule is CN=C(NCc1ccsc1)N1CC(C)(C)C1(C)C.I. The fourth-order valence-electron chi connectivity index (χ4n) is 2.27. The molecular formula is C14H24IN3S. The third-order valence-electron chi connectivity index (χ3n) is 4.38. The van der Waals surface area contributed by atoms with Crippen LogP contribution in [0.15, 0.2) is 21.8 Å². The van der Waals surface area contributed by atoms with Crippen molar-refractivity contribution in [2.45, 2.75) is 39.8 Å². The predicted octanol–water partition coefficient (Wildman–Crippen LogP) is 3.56. The summed E-state index contributed by atoms with van der Waals surface area (Å²) < 4.78 is 0. The lowest BCUT2D eigenvalue weighted by Gasteiger charge is -2.62. The fourth-order valence-corrected chi connectivity index (χ4v) is 2.94. The maximum Gasteiger partial charge on any atom is 0.194 e. The topological polar surface area (TPSA) is 27.6 Å². The summed E-state index contributed by atoms with van der Waals surface area (Å²) in [5.74, 6) is 1.01. The number of likely N-dealkylation sites (tertiary alicyclic amines) is 1. The second-order valence-corrected chi connectivity index (χ2v) is 6.84. The zero-order chi connectivity index (χ0) is 13.4. The number of halogens is 1. The van der Waals surface area contributed by atoms with Crippen LogP contribution in [-0.4, -0.2) is 30.0 Å². The lowest BCUT2D eigenvalue weighted by molar-refractivity contribution is -0.0667. The first-order valence-electron chi connectivity index (χ1n) is 6.38. The van der Waals surface area contributed by atoms with Crippen LogP contribution in [0.1, 0.15) is 33.3 Å². The molecule has 1 saturated heterocycles. The number of thiophene rings is 1. The molecule has 0 aliphatic carbocycles. The number of hydrogen-bond donors (Lipinski definition) is 1. The molecule has 108 valence electrons. The molecule has 19 heavy (non-hydrogen) atoms. The van der Waals surface area contributed by atoms with Gasteiger partial charge in [-0.05, 0) is 36.2 Å². The van der Waals surface area contributed by atoms with Crippen molar-refractivity contribution in [2.75, 3.05) is 13.6 Å². The summed E-state index contributed by atoms with van der Waals surface area (Å²) in [6, 6.07) is 2.15. The summed E-state index contributed by atoms with van der Waals surface area (Å²) in [7, 11) is 1.86. The Labute approximate surface area is 137 Å². The molecule has 1 aromatic rings. The summed E-state index contributed by atoms with van der Waals surface area (Å²) in [5, 5.41) is 7.73. The molecule has 0 aromatic carbocycles. The van der Waals surface area contributed by atoms with Gasteiger partial charge in [0.2, 0.25) is 0 Å².